The first kappa shape index (κ1) is 12.2. The van der Waals surface area contributed by atoms with Crippen LogP contribution in [-0.4, -0.2) is 28.8 Å². The van der Waals surface area contributed by atoms with E-state index in [9.17, 15) is 4.79 Å². The van der Waals surface area contributed by atoms with E-state index in [1.54, 1.807) is 6.92 Å². The first-order valence-electron chi connectivity index (χ1n) is 4.87. The van der Waals surface area contributed by atoms with Crippen molar-refractivity contribution in [2.24, 2.45) is 0 Å². The highest BCUT2D eigenvalue weighted by atomic mass is 16.5. The van der Waals surface area contributed by atoms with Gasteiger partial charge in [-0.3, -0.25) is 9.89 Å². The van der Waals surface area contributed by atoms with Crippen LogP contribution in [0, 0.1) is 11.3 Å². The van der Waals surface area contributed by atoms with Crippen LogP contribution in [0.1, 0.15) is 25.8 Å². The fraction of sp³-hybridized carbons (Fsp3) is 0.500. The molecule has 1 heterocycles. The molecule has 86 valence electrons. The molecule has 0 aliphatic rings. The molecule has 1 aromatic heterocycles. The van der Waals surface area contributed by atoms with Gasteiger partial charge in [0.25, 0.3) is 5.91 Å². The molecule has 0 radical (unpaired) electrons. The summed E-state index contributed by atoms with van der Waals surface area (Å²) in [6.45, 7) is 3.53. The van der Waals surface area contributed by atoms with Crippen LogP contribution in [0.25, 0.3) is 0 Å². The van der Waals surface area contributed by atoms with Gasteiger partial charge in [0.2, 0.25) is 0 Å². The van der Waals surface area contributed by atoms with Gasteiger partial charge in [-0.05, 0) is 13.3 Å². The summed E-state index contributed by atoms with van der Waals surface area (Å²) in [4.78, 5) is 11.9. The zero-order valence-corrected chi connectivity index (χ0v) is 9.50. The highest BCUT2D eigenvalue weighted by molar-refractivity contribution is 5.97. The molecule has 1 atom stereocenters. The summed E-state index contributed by atoms with van der Waals surface area (Å²) in [6.07, 6.45) is 1.89. The lowest BCUT2D eigenvalue weighted by Gasteiger charge is -2.24. The van der Waals surface area contributed by atoms with Crippen molar-refractivity contribution in [3.63, 3.8) is 0 Å². The smallest absolute Gasteiger partial charge is 0.257 e. The van der Waals surface area contributed by atoms with Crippen molar-refractivity contribution in [1.29, 1.82) is 5.26 Å². The molecule has 2 N–H and O–H groups in total. The molecule has 1 aromatic rings. The highest BCUT2D eigenvalue weighted by Gasteiger charge is 2.31. The topological polar surface area (TPSA) is 90.8 Å². The maximum atomic E-state index is 11.9. The summed E-state index contributed by atoms with van der Waals surface area (Å²) >= 11 is 0. The molecular formula is C10H14N4O2. The lowest BCUT2D eigenvalue weighted by atomic mass is 10.0. The molecule has 0 bridgehead atoms. The van der Waals surface area contributed by atoms with Crippen molar-refractivity contribution in [2.45, 2.75) is 25.9 Å². The number of H-pyrrole nitrogens is 1. The van der Waals surface area contributed by atoms with Gasteiger partial charge in [-0.25, -0.2) is 0 Å². The minimum Gasteiger partial charge on any atom is -0.369 e. The third-order valence-corrected chi connectivity index (χ3v) is 2.60. The number of ether oxygens (including phenoxy) is 1. The molecule has 6 nitrogen and oxygen atoms in total. The number of methoxy groups -OCH3 is 1. The number of carbonyl (C=O) groups excluding carboxylic acids is 1. The second-order valence-corrected chi connectivity index (χ2v) is 3.51. The molecule has 0 spiro atoms. The average molecular weight is 222 g/mol. The molecule has 1 amide bonds. The van der Waals surface area contributed by atoms with E-state index < -0.39 is 5.60 Å². The zero-order chi connectivity index (χ0) is 12.2. The fourth-order valence-electron chi connectivity index (χ4n) is 1.11. The van der Waals surface area contributed by atoms with E-state index in [1.807, 2.05) is 13.0 Å². The van der Waals surface area contributed by atoms with Gasteiger partial charge in [-0.2, -0.15) is 10.4 Å². The average Bonchev–Trinajstić information content (AvgIpc) is 2.75. The molecule has 1 unspecified atom stereocenters. The van der Waals surface area contributed by atoms with Gasteiger partial charge in [0.15, 0.2) is 0 Å². The molecule has 0 saturated carbocycles. The molecule has 0 aliphatic carbocycles. The van der Waals surface area contributed by atoms with Gasteiger partial charge in [-0.1, -0.05) is 6.92 Å². The molecule has 1 rings (SSSR count). The lowest BCUT2D eigenvalue weighted by Crippen LogP contribution is -2.41. The van der Waals surface area contributed by atoms with Gasteiger partial charge in [-0.15, -0.1) is 0 Å². The number of aromatic nitrogens is 2. The number of hydrogen-bond donors (Lipinski definition) is 2. The summed E-state index contributed by atoms with van der Waals surface area (Å²) in [7, 11) is 1.47. The second kappa shape index (κ2) is 4.77. The summed E-state index contributed by atoms with van der Waals surface area (Å²) in [5.41, 5.74) is -0.611. The van der Waals surface area contributed by atoms with E-state index in [1.165, 1.54) is 13.3 Å². The van der Waals surface area contributed by atoms with Gasteiger partial charge >= 0.3 is 0 Å². The number of carbonyl (C=O) groups is 1. The fourth-order valence-corrected chi connectivity index (χ4v) is 1.11. The van der Waals surface area contributed by atoms with Crippen LogP contribution in [0.15, 0.2) is 6.20 Å². The largest absolute Gasteiger partial charge is 0.369 e. The third kappa shape index (κ3) is 2.20. The Morgan fingerprint density at radius 1 is 1.81 bits per heavy atom. The number of rotatable bonds is 4. The van der Waals surface area contributed by atoms with Gasteiger partial charge in [0.1, 0.15) is 23.1 Å². The van der Waals surface area contributed by atoms with Crippen LogP contribution >= 0.6 is 0 Å². The van der Waals surface area contributed by atoms with Crippen LogP contribution in [0.2, 0.25) is 0 Å². The number of nitrogens with zero attached hydrogens (tertiary/aromatic N) is 2. The Morgan fingerprint density at radius 2 is 2.50 bits per heavy atom. The Balaban J connectivity index is 2.83. The van der Waals surface area contributed by atoms with Crippen LogP contribution in [0.4, 0.5) is 5.82 Å². The lowest BCUT2D eigenvalue weighted by molar-refractivity contribution is -0.136. The number of anilines is 1. The van der Waals surface area contributed by atoms with E-state index in [0.717, 1.165) is 0 Å². The quantitative estimate of drug-likeness (QED) is 0.796. The molecular weight excluding hydrogens is 208 g/mol. The Morgan fingerprint density at radius 3 is 3.00 bits per heavy atom. The van der Waals surface area contributed by atoms with Crippen molar-refractivity contribution < 1.29 is 9.53 Å². The first-order chi connectivity index (χ1) is 7.57. The van der Waals surface area contributed by atoms with Gasteiger partial charge < -0.3 is 10.1 Å². The summed E-state index contributed by atoms with van der Waals surface area (Å²) in [5.74, 6) is -0.0116. The number of nitrogens with one attached hydrogen (secondary N) is 2. The molecule has 0 fully saturated rings. The van der Waals surface area contributed by atoms with E-state index in [0.29, 0.717) is 17.8 Å². The summed E-state index contributed by atoms with van der Waals surface area (Å²) in [5, 5.41) is 17.5. The van der Waals surface area contributed by atoms with Crippen molar-refractivity contribution in [3.05, 3.63) is 11.8 Å². The molecule has 0 saturated heterocycles. The molecule has 0 aromatic carbocycles. The van der Waals surface area contributed by atoms with Crippen LogP contribution in [0.5, 0.6) is 0 Å². The molecule has 6 heteroatoms. The number of aromatic amines is 1. The van der Waals surface area contributed by atoms with Crippen LogP contribution < -0.4 is 5.32 Å². The van der Waals surface area contributed by atoms with Crippen molar-refractivity contribution in [3.8, 4) is 6.07 Å². The zero-order valence-electron chi connectivity index (χ0n) is 9.50. The summed E-state index contributed by atoms with van der Waals surface area (Å²) in [6, 6.07) is 1.92. The monoisotopic (exact) mass is 222 g/mol. The Kier molecular flexibility index (Phi) is 3.64. The van der Waals surface area contributed by atoms with Crippen LogP contribution in [-0.2, 0) is 9.53 Å². The van der Waals surface area contributed by atoms with E-state index in [-0.39, 0.29) is 5.91 Å². The summed E-state index contributed by atoms with van der Waals surface area (Å²) < 4.78 is 5.14. The molecule has 16 heavy (non-hydrogen) atoms. The predicted molar refractivity (Wildman–Crippen MR) is 57.6 cm³/mol. The highest BCUT2D eigenvalue weighted by Crippen LogP contribution is 2.18. The minimum atomic E-state index is -0.905. The van der Waals surface area contributed by atoms with E-state index in [4.69, 9.17) is 10.00 Å². The maximum absolute atomic E-state index is 11.9. The molecule has 0 aliphatic heterocycles. The van der Waals surface area contributed by atoms with Gasteiger partial charge in [0, 0.05) is 7.11 Å². The minimum absolute atomic E-state index is 0.294. The number of hydrogen-bond acceptors (Lipinski definition) is 4. The maximum Gasteiger partial charge on any atom is 0.257 e. The van der Waals surface area contributed by atoms with Crippen molar-refractivity contribution >= 4 is 11.7 Å². The van der Waals surface area contributed by atoms with E-state index >= 15 is 0 Å². The second-order valence-electron chi connectivity index (χ2n) is 3.51. The predicted octanol–water partition coefficient (Wildman–Crippen LogP) is 1.03. The van der Waals surface area contributed by atoms with Gasteiger partial charge in [0.05, 0.1) is 6.20 Å². The number of nitriles is 1. The van der Waals surface area contributed by atoms with Crippen molar-refractivity contribution in [2.75, 3.05) is 12.4 Å². The van der Waals surface area contributed by atoms with E-state index in [2.05, 4.69) is 15.5 Å². The first-order valence-corrected chi connectivity index (χ1v) is 4.87. The third-order valence-electron chi connectivity index (χ3n) is 2.60. The standard InChI is InChI=1S/C10H14N4O2/c1-4-10(2,16-3)9(15)13-8-7(5-11)6-12-14-8/h6H,4H2,1-3H3,(H2,12,13,14,15). The van der Waals surface area contributed by atoms with Crippen LogP contribution in [0.3, 0.4) is 0 Å². The normalized spacial score (nSPS) is 13.9. The van der Waals surface area contributed by atoms with Crippen molar-refractivity contribution in [1.82, 2.24) is 10.2 Å². The Hall–Kier alpha value is -1.87. The Bertz CT molecular complexity index is 415. The number of amides is 1. The SMILES string of the molecule is CCC(C)(OC)C(=O)Nc1[nH]ncc1C#N. The Labute approximate surface area is 93.6 Å².